The van der Waals surface area contributed by atoms with E-state index < -0.39 is 0 Å². The summed E-state index contributed by atoms with van der Waals surface area (Å²) in [5.41, 5.74) is 3.05. The third-order valence-electron chi connectivity index (χ3n) is 5.07. The molecule has 148 valence electrons. The van der Waals surface area contributed by atoms with Gasteiger partial charge in [-0.25, -0.2) is 4.68 Å². The highest BCUT2D eigenvalue weighted by molar-refractivity contribution is 5.91. The largest absolute Gasteiger partial charge is 0.497 e. The van der Waals surface area contributed by atoms with E-state index in [0.29, 0.717) is 13.1 Å². The zero-order valence-corrected chi connectivity index (χ0v) is 16.4. The van der Waals surface area contributed by atoms with Crippen molar-refractivity contribution in [2.75, 3.05) is 38.2 Å². The molecule has 6 heteroatoms. The topological polar surface area (TPSA) is 50.6 Å². The third kappa shape index (κ3) is 4.48. The molecule has 0 atom stereocenters. The van der Waals surface area contributed by atoms with Gasteiger partial charge in [-0.05, 0) is 42.5 Å². The van der Waals surface area contributed by atoms with Gasteiger partial charge in [-0.2, -0.15) is 5.10 Å². The zero-order chi connectivity index (χ0) is 20.1. The van der Waals surface area contributed by atoms with Crippen LogP contribution in [0.5, 0.6) is 5.75 Å². The molecule has 0 unspecified atom stereocenters. The second-order valence-electron chi connectivity index (χ2n) is 6.90. The minimum Gasteiger partial charge on any atom is -0.497 e. The molecule has 0 spiro atoms. The molecule has 0 aliphatic carbocycles. The number of amides is 1. The summed E-state index contributed by atoms with van der Waals surface area (Å²) in [5, 5.41) is 4.36. The summed E-state index contributed by atoms with van der Waals surface area (Å²) in [4.78, 5) is 16.7. The molecule has 0 radical (unpaired) electrons. The number of para-hydroxylation sites is 1. The van der Waals surface area contributed by atoms with E-state index in [1.807, 2.05) is 59.6 Å². The number of anilines is 1. The van der Waals surface area contributed by atoms with Gasteiger partial charge in [-0.15, -0.1) is 0 Å². The van der Waals surface area contributed by atoms with Crippen LogP contribution in [0.15, 0.2) is 73.1 Å². The van der Waals surface area contributed by atoms with E-state index in [0.717, 1.165) is 35.8 Å². The zero-order valence-electron chi connectivity index (χ0n) is 16.4. The van der Waals surface area contributed by atoms with Crippen molar-refractivity contribution in [3.63, 3.8) is 0 Å². The fourth-order valence-electron chi connectivity index (χ4n) is 3.40. The van der Waals surface area contributed by atoms with Gasteiger partial charge in [0.15, 0.2) is 0 Å². The van der Waals surface area contributed by atoms with Gasteiger partial charge in [0.05, 0.1) is 19.0 Å². The number of benzene rings is 2. The maximum Gasteiger partial charge on any atom is 0.246 e. The summed E-state index contributed by atoms with van der Waals surface area (Å²) >= 11 is 0. The molecule has 6 nitrogen and oxygen atoms in total. The lowest BCUT2D eigenvalue weighted by Crippen LogP contribution is -2.48. The van der Waals surface area contributed by atoms with Crippen LogP contribution in [0.1, 0.15) is 5.56 Å². The quantitative estimate of drug-likeness (QED) is 0.630. The van der Waals surface area contributed by atoms with Gasteiger partial charge in [0, 0.05) is 49.7 Å². The van der Waals surface area contributed by atoms with Crippen molar-refractivity contribution >= 4 is 17.7 Å². The number of aromatic nitrogens is 2. The minimum absolute atomic E-state index is 0.0341. The van der Waals surface area contributed by atoms with E-state index in [9.17, 15) is 4.79 Å². The van der Waals surface area contributed by atoms with Gasteiger partial charge in [-0.3, -0.25) is 4.79 Å². The summed E-state index contributed by atoms with van der Waals surface area (Å²) in [5.74, 6) is 0.884. The van der Waals surface area contributed by atoms with Gasteiger partial charge < -0.3 is 14.5 Å². The Morgan fingerprint density at radius 3 is 2.38 bits per heavy atom. The molecule has 2 aromatic carbocycles. The SMILES string of the molecule is COc1ccc(N2CCN(C(=O)/C=C/c3cnn(-c4ccccc4)c3)CC2)cc1. The van der Waals surface area contributed by atoms with E-state index in [1.54, 1.807) is 24.1 Å². The number of carbonyl (C=O) groups is 1. The lowest BCUT2D eigenvalue weighted by Gasteiger charge is -2.35. The first-order chi connectivity index (χ1) is 14.2. The lowest BCUT2D eigenvalue weighted by molar-refractivity contribution is -0.126. The number of methoxy groups -OCH3 is 1. The molecular weight excluding hydrogens is 364 g/mol. The van der Waals surface area contributed by atoms with Gasteiger partial charge in [0.2, 0.25) is 5.91 Å². The van der Waals surface area contributed by atoms with Crippen molar-refractivity contribution in [3.8, 4) is 11.4 Å². The number of hydrogen-bond acceptors (Lipinski definition) is 4. The molecule has 1 fully saturated rings. The van der Waals surface area contributed by atoms with Crippen LogP contribution < -0.4 is 9.64 Å². The van der Waals surface area contributed by atoms with Crippen LogP contribution in [0.3, 0.4) is 0 Å². The van der Waals surface area contributed by atoms with Crippen LogP contribution in [0, 0.1) is 0 Å². The summed E-state index contributed by atoms with van der Waals surface area (Å²) in [6.45, 7) is 3.05. The molecule has 0 N–H and O–H groups in total. The molecule has 1 saturated heterocycles. The number of rotatable bonds is 5. The Labute approximate surface area is 170 Å². The van der Waals surface area contributed by atoms with E-state index in [-0.39, 0.29) is 5.91 Å². The minimum atomic E-state index is 0.0341. The number of ether oxygens (including phenoxy) is 1. The molecular formula is C23H24N4O2. The molecule has 0 saturated carbocycles. The normalized spacial score (nSPS) is 14.4. The molecule has 4 rings (SSSR count). The summed E-state index contributed by atoms with van der Waals surface area (Å²) in [6, 6.07) is 17.9. The van der Waals surface area contributed by atoms with Gasteiger partial charge >= 0.3 is 0 Å². The molecule has 1 aliphatic rings. The average Bonchev–Trinajstić information content (AvgIpc) is 3.27. The van der Waals surface area contributed by atoms with Crippen molar-refractivity contribution in [3.05, 3.63) is 78.6 Å². The third-order valence-corrected chi connectivity index (χ3v) is 5.07. The van der Waals surface area contributed by atoms with E-state index in [4.69, 9.17) is 4.74 Å². The van der Waals surface area contributed by atoms with Crippen LogP contribution >= 0.6 is 0 Å². The number of hydrogen-bond donors (Lipinski definition) is 0. The molecule has 1 aliphatic heterocycles. The predicted molar refractivity (Wildman–Crippen MR) is 114 cm³/mol. The highest BCUT2D eigenvalue weighted by Crippen LogP contribution is 2.20. The molecule has 2 heterocycles. The summed E-state index contributed by atoms with van der Waals surface area (Å²) < 4.78 is 7.01. The molecule has 0 bridgehead atoms. The maximum absolute atomic E-state index is 12.6. The Bertz CT molecular complexity index is 972. The van der Waals surface area contributed by atoms with E-state index in [2.05, 4.69) is 22.1 Å². The van der Waals surface area contributed by atoms with Crippen LogP contribution in [-0.2, 0) is 4.79 Å². The standard InChI is InChI=1S/C23H24N4O2/c1-29-22-10-8-20(9-11-22)25-13-15-26(16-14-25)23(28)12-7-19-17-24-27(18-19)21-5-3-2-4-6-21/h2-12,17-18H,13-16H2,1H3/b12-7+. The lowest BCUT2D eigenvalue weighted by atomic mass is 10.2. The van der Waals surface area contributed by atoms with Crippen LogP contribution in [0.4, 0.5) is 5.69 Å². The summed E-state index contributed by atoms with van der Waals surface area (Å²) in [7, 11) is 1.67. The van der Waals surface area contributed by atoms with Crippen LogP contribution in [0.25, 0.3) is 11.8 Å². The van der Waals surface area contributed by atoms with Gasteiger partial charge in [0.1, 0.15) is 5.75 Å². The number of nitrogens with zero attached hydrogens (tertiary/aromatic N) is 4. The van der Waals surface area contributed by atoms with Crippen molar-refractivity contribution in [1.82, 2.24) is 14.7 Å². The average molecular weight is 388 g/mol. The summed E-state index contributed by atoms with van der Waals surface area (Å²) in [6.07, 6.45) is 7.14. The monoisotopic (exact) mass is 388 g/mol. The van der Waals surface area contributed by atoms with Crippen molar-refractivity contribution < 1.29 is 9.53 Å². The number of piperazine rings is 1. The van der Waals surface area contributed by atoms with E-state index >= 15 is 0 Å². The van der Waals surface area contributed by atoms with Crippen molar-refractivity contribution in [2.24, 2.45) is 0 Å². The second kappa shape index (κ2) is 8.65. The smallest absolute Gasteiger partial charge is 0.246 e. The first kappa shape index (κ1) is 18.8. The Kier molecular flexibility index (Phi) is 5.61. The molecule has 29 heavy (non-hydrogen) atoms. The first-order valence-electron chi connectivity index (χ1n) is 9.69. The van der Waals surface area contributed by atoms with Gasteiger partial charge in [0.25, 0.3) is 0 Å². The highest BCUT2D eigenvalue weighted by Gasteiger charge is 2.19. The van der Waals surface area contributed by atoms with Crippen LogP contribution in [-0.4, -0.2) is 53.9 Å². The van der Waals surface area contributed by atoms with E-state index in [1.165, 1.54) is 0 Å². The second-order valence-corrected chi connectivity index (χ2v) is 6.90. The molecule has 1 amide bonds. The van der Waals surface area contributed by atoms with Gasteiger partial charge in [-0.1, -0.05) is 18.2 Å². The van der Waals surface area contributed by atoms with Crippen LogP contribution in [0.2, 0.25) is 0 Å². The van der Waals surface area contributed by atoms with Crippen molar-refractivity contribution in [2.45, 2.75) is 0 Å². The maximum atomic E-state index is 12.6. The Balaban J connectivity index is 1.32. The predicted octanol–water partition coefficient (Wildman–Crippen LogP) is 3.24. The Hall–Kier alpha value is -3.54. The fourth-order valence-corrected chi connectivity index (χ4v) is 3.40. The Morgan fingerprint density at radius 2 is 1.69 bits per heavy atom. The number of carbonyl (C=O) groups excluding carboxylic acids is 1. The Morgan fingerprint density at radius 1 is 0.966 bits per heavy atom. The highest BCUT2D eigenvalue weighted by atomic mass is 16.5. The fraction of sp³-hybridized carbons (Fsp3) is 0.217. The van der Waals surface area contributed by atoms with Crippen molar-refractivity contribution in [1.29, 1.82) is 0 Å². The first-order valence-corrected chi connectivity index (χ1v) is 9.69. The molecule has 1 aromatic heterocycles. The molecule has 3 aromatic rings.